The molecule has 0 unspecified atom stereocenters. The molecule has 3 aromatic heterocycles. The number of carbonyl (C=O) groups excluding carboxylic acids is 1. The Labute approximate surface area is 185 Å². The van der Waals surface area contributed by atoms with Crippen molar-refractivity contribution in [2.75, 3.05) is 38.3 Å². The summed E-state index contributed by atoms with van der Waals surface area (Å²) in [6.45, 7) is 2.90. The van der Waals surface area contributed by atoms with E-state index in [1.54, 1.807) is 18.5 Å². The second-order valence-electron chi connectivity index (χ2n) is 8.07. The first-order valence-corrected chi connectivity index (χ1v) is 10.9. The van der Waals surface area contributed by atoms with Crippen LogP contribution in [-0.4, -0.2) is 63.3 Å². The molecule has 1 fully saturated rings. The van der Waals surface area contributed by atoms with Gasteiger partial charge in [-0.2, -0.15) is 4.68 Å². The van der Waals surface area contributed by atoms with Gasteiger partial charge < -0.3 is 19.3 Å². The van der Waals surface area contributed by atoms with Gasteiger partial charge in [0.05, 0.1) is 12.2 Å². The average Bonchev–Trinajstić information content (AvgIpc) is 3.00. The Hall–Kier alpha value is -3.40. The van der Waals surface area contributed by atoms with Crippen molar-refractivity contribution >= 4 is 23.1 Å². The van der Waals surface area contributed by atoms with Gasteiger partial charge >= 0.3 is 5.69 Å². The van der Waals surface area contributed by atoms with Crippen molar-refractivity contribution in [2.24, 2.45) is 0 Å². The maximum atomic E-state index is 12.9. The summed E-state index contributed by atoms with van der Waals surface area (Å²) in [5, 5.41) is 4.34. The Morgan fingerprint density at radius 2 is 2.00 bits per heavy atom. The van der Waals surface area contributed by atoms with Crippen molar-refractivity contribution in [2.45, 2.75) is 32.4 Å². The van der Waals surface area contributed by atoms with Crippen LogP contribution in [0.25, 0.3) is 5.65 Å². The molecule has 1 amide bonds. The molecule has 0 bridgehead atoms. The maximum absolute atomic E-state index is 12.9. The van der Waals surface area contributed by atoms with Crippen LogP contribution in [0.15, 0.2) is 35.4 Å². The number of aromatic nitrogens is 4. The highest BCUT2D eigenvalue weighted by molar-refractivity contribution is 5.95. The van der Waals surface area contributed by atoms with Crippen molar-refractivity contribution in [1.82, 2.24) is 24.1 Å². The summed E-state index contributed by atoms with van der Waals surface area (Å²) < 4.78 is 13.7. The largest absolute Gasteiger partial charge is 0.490 e. The molecule has 32 heavy (non-hydrogen) atoms. The fourth-order valence-electron chi connectivity index (χ4n) is 4.29. The minimum absolute atomic E-state index is 0.00359. The third-order valence-corrected chi connectivity index (χ3v) is 5.89. The normalized spacial score (nSPS) is 16.5. The fraction of sp³-hybridized carbons (Fsp3) is 0.455. The number of ether oxygens (including phenoxy) is 2. The number of carbonyl (C=O) groups is 1. The van der Waals surface area contributed by atoms with Crippen LogP contribution in [0.1, 0.15) is 36.0 Å². The summed E-state index contributed by atoms with van der Waals surface area (Å²) in [6.07, 6.45) is 7.38. The number of fused-ring (bicyclic) bond motifs is 2. The van der Waals surface area contributed by atoms with Crippen LogP contribution < -0.4 is 15.3 Å². The maximum Gasteiger partial charge on any atom is 0.352 e. The monoisotopic (exact) mass is 438 g/mol. The first-order valence-electron chi connectivity index (χ1n) is 10.9. The highest BCUT2D eigenvalue weighted by atomic mass is 16.5. The van der Waals surface area contributed by atoms with Crippen LogP contribution >= 0.6 is 0 Å². The summed E-state index contributed by atoms with van der Waals surface area (Å²) in [5.41, 5.74) is 1.66. The van der Waals surface area contributed by atoms with E-state index >= 15 is 0 Å². The standard InChI is InChI=1S/C22H26N6O4/c1-31-15-28-22(30)27-10-6-17(13-19(27)24-28)26-9-5-11-32-18-12-16(14-23-20(18)26)21(29)25-7-3-2-4-8-25/h6,10,12-14H,2-5,7-9,11,15H2,1H3. The molecule has 2 aliphatic heterocycles. The van der Waals surface area contributed by atoms with Gasteiger partial charge in [0.2, 0.25) is 0 Å². The van der Waals surface area contributed by atoms with Gasteiger partial charge in [0.1, 0.15) is 6.73 Å². The highest BCUT2D eigenvalue weighted by Crippen LogP contribution is 2.35. The minimum atomic E-state index is -0.257. The van der Waals surface area contributed by atoms with E-state index in [2.05, 4.69) is 10.1 Å². The van der Waals surface area contributed by atoms with E-state index in [1.165, 1.54) is 22.6 Å². The van der Waals surface area contributed by atoms with Gasteiger partial charge in [-0.1, -0.05) is 0 Å². The minimum Gasteiger partial charge on any atom is -0.490 e. The summed E-state index contributed by atoms with van der Waals surface area (Å²) in [4.78, 5) is 33.9. The summed E-state index contributed by atoms with van der Waals surface area (Å²) in [7, 11) is 1.52. The van der Waals surface area contributed by atoms with Crippen LogP contribution in [0, 0.1) is 0 Å². The third kappa shape index (κ3) is 3.70. The van der Waals surface area contributed by atoms with Crippen molar-refractivity contribution in [3.05, 3.63) is 46.6 Å². The van der Waals surface area contributed by atoms with Crippen LogP contribution in [-0.2, 0) is 11.5 Å². The number of nitrogens with zero attached hydrogens (tertiary/aromatic N) is 6. The average molecular weight is 438 g/mol. The van der Waals surface area contributed by atoms with Gasteiger partial charge in [-0.25, -0.2) is 9.78 Å². The number of rotatable bonds is 4. The number of amides is 1. The first-order chi connectivity index (χ1) is 15.7. The smallest absolute Gasteiger partial charge is 0.352 e. The highest BCUT2D eigenvalue weighted by Gasteiger charge is 2.24. The Balaban J connectivity index is 1.48. The molecule has 1 saturated heterocycles. The Morgan fingerprint density at radius 3 is 2.81 bits per heavy atom. The number of hydrogen-bond acceptors (Lipinski definition) is 7. The molecule has 5 heterocycles. The zero-order valence-electron chi connectivity index (χ0n) is 18.1. The van der Waals surface area contributed by atoms with Crippen molar-refractivity contribution in [3.63, 3.8) is 0 Å². The second kappa shape index (κ2) is 8.62. The molecule has 0 aromatic carbocycles. The van der Waals surface area contributed by atoms with Gasteiger partial charge in [0, 0.05) is 50.9 Å². The van der Waals surface area contributed by atoms with Crippen molar-refractivity contribution in [1.29, 1.82) is 0 Å². The molecule has 0 N–H and O–H groups in total. The van der Waals surface area contributed by atoms with Crippen LogP contribution in [0.4, 0.5) is 11.5 Å². The SMILES string of the molecule is COCn1nc2cc(N3CCCOc4cc(C(=O)N5CCCCC5)cnc43)ccn2c1=O. The molecular weight excluding hydrogens is 412 g/mol. The molecule has 2 aliphatic rings. The van der Waals surface area contributed by atoms with E-state index in [0.29, 0.717) is 35.9 Å². The fourth-order valence-corrected chi connectivity index (χ4v) is 4.29. The lowest BCUT2D eigenvalue weighted by Crippen LogP contribution is -2.35. The molecule has 168 valence electrons. The lowest BCUT2D eigenvalue weighted by molar-refractivity contribution is 0.0723. The van der Waals surface area contributed by atoms with Gasteiger partial charge in [-0.15, -0.1) is 5.10 Å². The summed E-state index contributed by atoms with van der Waals surface area (Å²) in [5.74, 6) is 1.25. The van der Waals surface area contributed by atoms with E-state index in [-0.39, 0.29) is 18.3 Å². The molecule has 0 atom stereocenters. The molecule has 0 spiro atoms. The lowest BCUT2D eigenvalue weighted by Gasteiger charge is -2.27. The van der Waals surface area contributed by atoms with E-state index in [1.807, 2.05) is 21.9 Å². The van der Waals surface area contributed by atoms with Crippen LogP contribution in [0.3, 0.4) is 0 Å². The quantitative estimate of drug-likeness (QED) is 0.615. The number of methoxy groups -OCH3 is 1. The van der Waals surface area contributed by atoms with E-state index in [0.717, 1.165) is 38.0 Å². The molecule has 5 rings (SSSR count). The van der Waals surface area contributed by atoms with Gasteiger partial charge in [-0.3, -0.25) is 9.20 Å². The molecule has 10 heteroatoms. The van der Waals surface area contributed by atoms with Crippen LogP contribution in [0.5, 0.6) is 5.75 Å². The predicted octanol–water partition coefficient (Wildman–Crippen LogP) is 2.04. The Morgan fingerprint density at radius 1 is 1.16 bits per heavy atom. The molecule has 0 radical (unpaired) electrons. The van der Waals surface area contributed by atoms with E-state index < -0.39 is 0 Å². The number of anilines is 2. The predicted molar refractivity (Wildman–Crippen MR) is 118 cm³/mol. The molecule has 10 nitrogen and oxygen atoms in total. The van der Waals surface area contributed by atoms with Crippen molar-refractivity contribution in [3.8, 4) is 5.75 Å². The molecule has 3 aromatic rings. The molecular formula is C22H26N6O4. The second-order valence-corrected chi connectivity index (χ2v) is 8.07. The number of piperidine rings is 1. The van der Waals surface area contributed by atoms with Gasteiger partial charge in [0.15, 0.2) is 17.2 Å². The Bertz CT molecular complexity index is 1200. The lowest BCUT2D eigenvalue weighted by atomic mass is 10.1. The number of pyridine rings is 2. The summed E-state index contributed by atoms with van der Waals surface area (Å²) >= 11 is 0. The molecule has 0 aliphatic carbocycles. The van der Waals surface area contributed by atoms with Gasteiger partial charge in [0.25, 0.3) is 5.91 Å². The topological polar surface area (TPSA) is 94.2 Å². The zero-order chi connectivity index (χ0) is 22.1. The van der Waals surface area contributed by atoms with Crippen LogP contribution in [0.2, 0.25) is 0 Å². The van der Waals surface area contributed by atoms with Gasteiger partial charge in [-0.05, 0) is 37.8 Å². The van der Waals surface area contributed by atoms with E-state index in [4.69, 9.17) is 9.47 Å². The van der Waals surface area contributed by atoms with Crippen molar-refractivity contribution < 1.29 is 14.3 Å². The summed E-state index contributed by atoms with van der Waals surface area (Å²) in [6, 6.07) is 5.50. The number of likely N-dealkylation sites (tertiary alicyclic amines) is 1. The zero-order valence-corrected chi connectivity index (χ0v) is 18.1. The third-order valence-electron chi connectivity index (χ3n) is 5.89. The van der Waals surface area contributed by atoms with E-state index in [9.17, 15) is 9.59 Å². The molecule has 0 saturated carbocycles. The first kappa shape index (κ1) is 20.5. The Kier molecular flexibility index (Phi) is 5.52. The number of hydrogen-bond donors (Lipinski definition) is 0.